The SMILES string of the molecule is C/C(=C\[C@@H](N)C(=O)O)P(=O)(O)O. The molecule has 6 nitrogen and oxygen atoms in total. The molecule has 0 aromatic rings. The molecule has 1 atom stereocenters. The summed E-state index contributed by atoms with van der Waals surface area (Å²) in [7, 11) is -4.33. The largest absolute Gasteiger partial charge is 0.480 e. The van der Waals surface area contributed by atoms with Crippen molar-refractivity contribution in [3.63, 3.8) is 0 Å². The van der Waals surface area contributed by atoms with E-state index in [9.17, 15) is 9.36 Å². The minimum absolute atomic E-state index is 0.336. The van der Waals surface area contributed by atoms with E-state index in [0.717, 1.165) is 13.0 Å². The molecule has 0 aliphatic carbocycles. The summed E-state index contributed by atoms with van der Waals surface area (Å²) in [6.07, 6.45) is 0.823. The van der Waals surface area contributed by atoms with Crippen molar-refractivity contribution in [3.8, 4) is 0 Å². The average Bonchev–Trinajstić information content (AvgIpc) is 1.85. The van der Waals surface area contributed by atoms with E-state index in [2.05, 4.69) is 0 Å². The second-order valence-electron chi connectivity index (χ2n) is 2.22. The third kappa shape index (κ3) is 3.64. The predicted octanol–water partition coefficient (Wildman–Crippen LogP) is -0.520. The molecular weight excluding hydrogens is 185 g/mol. The van der Waals surface area contributed by atoms with Crippen LogP contribution in [0.3, 0.4) is 0 Å². The molecule has 0 unspecified atom stereocenters. The highest BCUT2D eigenvalue weighted by atomic mass is 31.2. The Morgan fingerprint density at radius 2 is 2.00 bits per heavy atom. The minimum Gasteiger partial charge on any atom is -0.480 e. The smallest absolute Gasteiger partial charge is 0.351 e. The molecule has 7 heteroatoms. The number of hydrogen-bond acceptors (Lipinski definition) is 3. The first kappa shape index (κ1) is 11.3. The number of allylic oxidation sites excluding steroid dienone is 1. The van der Waals surface area contributed by atoms with Gasteiger partial charge in [-0.1, -0.05) is 0 Å². The van der Waals surface area contributed by atoms with E-state index in [0.29, 0.717) is 0 Å². The monoisotopic (exact) mass is 195 g/mol. The molecule has 0 radical (unpaired) electrons. The van der Waals surface area contributed by atoms with Gasteiger partial charge < -0.3 is 20.6 Å². The van der Waals surface area contributed by atoms with Crippen LogP contribution in [0.15, 0.2) is 11.4 Å². The lowest BCUT2D eigenvalue weighted by atomic mass is 10.3. The minimum atomic E-state index is -4.33. The van der Waals surface area contributed by atoms with Crippen molar-refractivity contribution in [2.24, 2.45) is 5.73 Å². The maximum absolute atomic E-state index is 10.5. The zero-order valence-electron chi connectivity index (χ0n) is 6.34. The molecule has 0 amide bonds. The fraction of sp³-hybridized carbons (Fsp3) is 0.400. The quantitative estimate of drug-likeness (QED) is 0.449. The maximum Gasteiger partial charge on any atom is 0.351 e. The van der Waals surface area contributed by atoms with Crippen molar-refractivity contribution in [2.75, 3.05) is 0 Å². The van der Waals surface area contributed by atoms with E-state index in [-0.39, 0.29) is 5.31 Å². The summed E-state index contributed by atoms with van der Waals surface area (Å²) in [5.74, 6) is -1.33. The Balaban J connectivity index is 4.58. The number of carboxylic acids is 1. The van der Waals surface area contributed by atoms with E-state index >= 15 is 0 Å². The molecular formula is C5H10NO5P. The van der Waals surface area contributed by atoms with Crippen LogP contribution in [0.4, 0.5) is 0 Å². The molecule has 0 saturated heterocycles. The van der Waals surface area contributed by atoms with Crippen molar-refractivity contribution in [1.29, 1.82) is 0 Å². The first-order chi connectivity index (χ1) is 5.25. The topological polar surface area (TPSA) is 121 Å². The Hall–Kier alpha value is -0.680. The molecule has 12 heavy (non-hydrogen) atoms. The summed E-state index contributed by atoms with van der Waals surface area (Å²) in [6, 6.07) is -1.38. The van der Waals surface area contributed by atoms with Crippen molar-refractivity contribution >= 4 is 13.6 Å². The highest BCUT2D eigenvalue weighted by Gasteiger charge is 2.18. The molecule has 0 aromatic carbocycles. The number of carboxylic acid groups (broad SMARTS) is 1. The second-order valence-corrected chi connectivity index (χ2v) is 4.01. The van der Waals surface area contributed by atoms with Crippen LogP contribution in [0.2, 0.25) is 0 Å². The molecule has 0 aromatic heterocycles. The second kappa shape index (κ2) is 3.82. The van der Waals surface area contributed by atoms with Gasteiger partial charge in [0.25, 0.3) is 0 Å². The van der Waals surface area contributed by atoms with E-state index in [4.69, 9.17) is 20.6 Å². The molecule has 0 spiro atoms. The predicted molar refractivity (Wildman–Crippen MR) is 41.4 cm³/mol. The van der Waals surface area contributed by atoms with Gasteiger partial charge in [0.15, 0.2) is 0 Å². The number of aliphatic carboxylic acids is 1. The summed E-state index contributed by atoms with van der Waals surface area (Å²) >= 11 is 0. The van der Waals surface area contributed by atoms with Gasteiger partial charge in [-0.2, -0.15) is 0 Å². The lowest BCUT2D eigenvalue weighted by Gasteiger charge is -2.05. The van der Waals surface area contributed by atoms with Gasteiger partial charge in [-0.3, -0.25) is 9.36 Å². The van der Waals surface area contributed by atoms with E-state index in [1.54, 1.807) is 0 Å². The van der Waals surface area contributed by atoms with Crippen LogP contribution in [0.5, 0.6) is 0 Å². The van der Waals surface area contributed by atoms with Gasteiger partial charge in [0.1, 0.15) is 6.04 Å². The highest BCUT2D eigenvalue weighted by molar-refractivity contribution is 7.56. The van der Waals surface area contributed by atoms with Crippen molar-refractivity contribution in [2.45, 2.75) is 13.0 Å². The van der Waals surface area contributed by atoms with Crippen LogP contribution in [-0.4, -0.2) is 26.9 Å². The fourth-order valence-corrected chi connectivity index (χ4v) is 0.783. The fourth-order valence-electron chi connectivity index (χ4n) is 0.428. The van der Waals surface area contributed by atoms with E-state index in [1.165, 1.54) is 0 Å². The Bertz CT molecular complexity index is 255. The molecule has 0 fully saturated rings. The molecule has 0 aliphatic rings. The number of nitrogens with two attached hydrogens (primary N) is 1. The van der Waals surface area contributed by atoms with Crippen LogP contribution >= 0.6 is 7.60 Å². The average molecular weight is 195 g/mol. The van der Waals surface area contributed by atoms with Crippen molar-refractivity contribution in [1.82, 2.24) is 0 Å². The molecule has 5 N–H and O–H groups in total. The van der Waals surface area contributed by atoms with Gasteiger partial charge in [-0.25, -0.2) is 0 Å². The Morgan fingerprint density at radius 1 is 1.58 bits per heavy atom. The normalized spacial score (nSPS) is 15.8. The Labute approximate surface area is 68.9 Å². The number of hydrogen-bond donors (Lipinski definition) is 4. The molecule has 0 aliphatic heterocycles. The van der Waals surface area contributed by atoms with Gasteiger partial charge in [-0.15, -0.1) is 0 Å². The third-order valence-corrected chi connectivity index (χ3v) is 2.23. The standard InChI is InChI=1S/C5H10NO5P/c1-3(12(9,10)11)2-4(6)5(7)8/h2,4H,6H2,1H3,(H,7,8)(H2,9,10,11)/b3-2+/t4-/m1/s1. The zero-order valence-corrected chi connectivity index (χ0v) is 7.23. The molecule has 0 rings (SSSR count). The zero-order chi connectivity index (χ0) is 9.94. The van der Waals surface area contributed by atoms with Gasteiger partial charge in [0, 0.05) is 5.31 Å². The van der Waals surface area contributed by atoms with Gasteiger partial charge >= 0.3 is 13.6 Å². The lowest BCUT2D eigenvalue weighted by Crippen LogP contribution is -2.27. The van der Waals surface area contributed by atoms with Crippen LogP contribution in [0.1, 0.15) is 6.92 Å². The van der Waals surface area contributed by atoms with Crippen LogP contribution in [0, 0.1) is 0 Å². The molecule has 70 valence electrons. The van der Waals surface area contributed by atoms with Crippen molar-refractivity contribution < 1.29 is 24.3 Å². The molecule has 0 heterocycles. The highest BCUT2D eigenvalue weighted by Crippen LogP contribution is 2.44. The molecule has 0 saturated carbocycles. The third-order valence-electron chi connectivity index (χ3n) is 1.17. The van der Waals surface area contributed by atoms with E-state index < -0.39 is 19.6 Å². The van der Waals surface area contributed by atoms with Crippen LogP contribution in [0.25, 0.3) is 0 Å². The number of carbonyl (C=O) groups is 1. The van der Waals surface area contributed by atoms with Gasteiger partial charge in [0.2, 0.25) is 0 Å². The first-order valence-electron chi connectivity index (χ1n) is 2.98. The summed E-state index contributed by atoms with van der Waals surface area (Å²) in [5, 5.41) is 7.94. The Morgan fingerprint density at radius 3 is 2.25 bits per heavy atom. The molecule has 0 bridgehead atoms. The van der Waals surface area contributed by atoms with Crippen LogP contribution < -0.4 is 5.73 Å². The van der Waals surface area contributed by atoms with E-state index in [1.807, 2.05) is 0 Å². The van der Waals surface area contributed by atoms with Crippen LogP contribution in [-0.2, 0) is 9.36 Å². The van der Waals surface area contributed by atoms with Gasteiger partial charge in [-0.05, 0) is 13.0 Å². The number of rotatable bonds is 3. The summed E-state index contributed by atoms with van der Waals surface area (Å²) in [4.78, 5) is 27.2. The summed E-state index contributed by atoms with van der Waals surface area (Å²) in [6.45, 7) is 1.13. The summed E-state index contributed by atoms with van der Waals surface area (Å²) < 4.78 is 10.5. The Kier molecular flexibility index (Phi) is 3.60. The van der Waals surface area contributed by atoms with Crippen molar-refractivity contribution in [3.05, 3.63) is 11.4 Å². The first-order valence-corrected chi connectivity index (χ1v) is 4.59. The lowest BCUT2D eigenvalue weighted by molar-refractivity contribution is -0.137. The van der Waals surface area contributed by atoms with Gasteiger partial charge in [0.05, 0.1) is 0 Å². The summed E-state index contributed by atoms with van der Waals surface area (Å²) in [5.41, 5.74) is 4.99. The maximum atomic E-state index is 10.5.